The Labute approximate surface area is 160 Å². The Bertz CT molecular complexity index is 723. The van der Waals surface area contributed by atoms with E-state index in [1.165, 1.54) is 5.56 Å². The Morgan fingerprint density at radius 1 is 1.15 bits per heavy atom. The zero-order chi connectivity index (χ0) is 19.1. The highest BCUT2D eigenvalue weighted by Crippen LogP contribution is 2.23. The number of carbonyl (C=O) groups excluding carboxylic acids is 1. The summed E-state index contributed by atoms with van der Waals surface area (Å²) in [4.78, 5) is 14.4. The largest absolute Gasteiger partial charge is 0.385 e. The molecule has 0 aliphatic carbocycles. The van der Waals surface area contributed by atoms with Crippen LogP contribution in [0.1, 0.15) is 24.8 Å². The van der Waals surface area contributed by atoms with Gasteiger partial charge in [-0.3, -0.25) is 4.79 Å². The average molecular weight is 368 g/mol. The molecule has 0 unspecified atom stereocenters. The number of nitrogens with one attached hydrogen (secondary N) is 1. The number of anilines is 1. The highest BCUT2D eigenvalue weighted by atomic mass is 16.5. The zero-order valence-electron chi connectivity index (χ0n) is 16.1. The molecule has 0 atom stereocenters. The molecule has 27 heavy (non-hydrogen) atoms. The third-order valence-electron chi connectivity index (χ3n) is 5.01. The molecule has 2 aromatic rings. The lowest BCUT2D eigenvalue weighted by Gasteiger charge is -2.31. The molecule has 0 bridgehead atoms. The van der Waals surface area contributed by atoms with Crippen LogP contribution in [0.25, 0.3) is 11.3 Å². The lowest BCUT2D eigenvalue weighted by molar-refractivity contribution is -0.125. The van der Waals surface area contributed by atoms with Crippen molar-refractivity contribution in [2.45, 2.75) is 26.2 Å². The van der Waals surface area contributed by atoms with Crippen LogP contribution in [0.3, 0.4) is 0 Å². The number of hydrogen-bond donors (Lipinski definition) is 1. The summed E-state index contributed by atoms with van der Waals surface area (Å²) in [6.45, 7) is 5.08. The predicted octanol–water partition coefficient (Wildman–Crippen LogP) is 2.82. The summed E-state index contributed by atoms with van der Waals surface area (Å²) in [6, 6.07) is 12.3. The van der Waals surface area contributed by atoms with Crippen molar-refractivity contribution in [3.8, 4) is 11.3 Å². The van der Waals surface area contributed by atoms with Crippen LogP contribution < -0.4 is 10.2 Å². The summed E-state index contributed by atoms with van der Waals surface area (Å²) in [7, 11) is 1.67. The summed E-state index contributed by atoms with van der Waals surface area (Å²) >= 11 is 0. The van der Waals surface area contributed by atoms with Crippen molar-refractivity contribution < 1.29 is 9.53 Å². The number of hydrogen-bond acceptors (Lipinski definition) is 5. The molecule has 1 aromatic heterocycles. The highest BCUT2D eigenvalue weighted by Gasteiger charge is 2.25. The van der Waals surface area contributed by atoms with Crippen LogP contribution in [0.2, 0.25) is 0 Å². The maximum Gasteiger partial charge on any atom is 0.223 e. The van der Waals surface area contributed by atoms with Crippen LogP contribution in [0.5, 0.6) is 0 Å². The molecule has 1 aliphatic heterocycles. The monoisotopic (exact) mass is 368 g/mol. The van der Waals surface area contributed by atoms with Gasteiger partial charge in [-0.1, -0.05) is 29.8 Å². The molecule has 1 saturated heterocycles. The average Bonchev–Trinajstić information content (AvgIpc) is 2.72. The first kappa shape index (κ1) is 19.3. The second kappa shape index (κ2) is 9.46. The van der Waals surface area contributed by atoms with Crippen LogP contribution in [0, 0.1) is 12.8 Å². The van der Waals surface area contributed by atoms with E-state index in [1.54, 1.807) is 7.11 Å². The number of methoxy groups -OCH3 is 1. The van der Waals surface area contributed by atoms with E-state index in [1.807, 2.05) is 12.1 Å². The third-order valence-corrected chi connectivity index (χ3v) is 5.01. The molecule has 3 rings (SSSR count). The van der Waals surface area contributed by atoms with E-state index in [2.05, 4.69) is 51.6 Å². The van der Waals surface area contributed by atoms with Crippen molar-refractivity contribution >= 4 is 11.7 Å². The molecule has 1 fully saturated rings. The van der Waals surface area contributed by atoms with Gasteiger partial charge in [-0.15, -0.1) is 10.2 Å². The molecular weight excluding hydrogens is 340 g/mol. The van der Waals surface area contributed by atoms with Crippen molar-refractivity contribution in [1.29, 1.82) is 0 Å². The van der Waals surface area contributed by atoms with Gasteiger partial charge in [-0.05, 0) is 38.3 Å². The van der Waals surface area contributed by atoms with E-state index in [-0.39, 0.29) is 11.8 Å². The van der Waals surface area contributed by atoms with Crippen LogP contribution in [-0.2, 0) is 9.53 Å². The number of nitrogens with zero attached hydrogens (tertiary/aromatic N) is 3. The van der Waals surface area contributed by atoms with Gasteiger partial charge in [0.05, 0.1) is 5.69 Å². The number of piperidine rings is 1. The standard InChI is InChI=1S/C21H28N4O2/c1-16-4-6-17(7-5-16)19-8-9-20(24-23-19)25-13-10-18(11-14-25)21(26)22-12-3-15-27-2/h4-9,18H,3,10-15H2,1-2H3,(H,22,26). The maximum absolute atomic E-state index is 12.2. The molecule has 1 N–H and O–H groups in total. The summed E-state index contributed by atoms with van der Waals surface area (Å²) in [5.41, 5.74) is 3.18. The molecule has 0 saturated carbocycles. The van der Waals surface area contributed by atoms with E-state index in [9.17, 15) is 4.79 Å². The number of carbonyl (C=O) groups is 1. The first-order chi connectivity index (χ1) is 13.2. The molecule has 6 heteroatoms. The zero-order valence-corrected chi connectivity index (χ0v) is 16.1. The fourth-order valence-corrected chi connectivity index (χ4v) is 3.32. The van der Waals surface area contributed by atoms with E-state index < -0.39 is 0 Å². The number of amides is 1. The minimum Gasteiger partial charge on any atom is -0.385 e. The predicted molar refractivity (Wildman–Crippen MR) is 107 cm³/mol. The fourth-order valence-electron chi connectivity index (χ4n) is 3.32. The molecule has 2 heterocycles. The van der Waals surface area contributed by atoms with Gasteiger partial charge in [0.25, 0.3) is 0 Å². The number of benzene rings is 1. The lowest BCUT2D eigenvalue weighted by atomic mass is 9.96. The molecule has 1 aromatic carbocycles. The minimum absolute atomic E-state index is 0.0867. The van der Waals surface area contributed by atoms with Gasteiger partial charge in [0.2, 0.25) is 5.91 Å². The van der Waals surface area contributed by atoms with E-state index >= 15 is 0 Å². The van der Waals surface area contributed by atoms with Crippen molar-refractivity contribution in [3.05, 3.63) is 42.0 Å². The molecule has 1 aliphatic rings. The van der Waals surface area contributed by atoms with Gasteiger partial charge < -0.3 is 15.0 Å². The quantitative estimate of drug-likeness (QED) is 0.761. The lowest BCUT2D eigenvalue weighted by Crippen LogP contribution is -2.41. The van der Waals surface area contributed by atoms with E-state index in [0.29, 0.717) is 13.2 Å². The molecule has 6 nitrogen and oxygen atoms in total. The number of aryl methyl sites for hydroxylation is 1. The van der Waals surface area contributed by atoms with Crippen LogP contribution in [-0.4, -0.2) is 49.5 Å². The van der Waals surface area contributed by atoms with Gasteiger partial charge in [-0.25, -0.2) is 0 Å². The van der Waals surface area contributed by atoms with Gasteiger partial charge in [0.1, 0.15) is 0 Å². The molecule has 0 spiro atoms. The smallest absolute Gasteiger partial charge is 0.223 e. The van der Waals surface area contributed by atoms with Crippen LogP contribution in [0.15, 0.2) is 36.4 Å². The normalized spacial score (nSPS) is 15.0. The van der Waals surface area contributed by atoms with Crippen molar-refractivity contribution in [1.82, 2.24) is 15.5 Å². The molecular formula is C21H28N4O2. The maximum atomic E-state index is 12.2. The van der Waals surface area contributed by atoms with E-state index in [0.717, 1.165) is 49.4 Å². The number of ether oxygens (including phenoxy) is 1. The molecule has 144 valence electrons. The summed E-state index contributed by atoms with van der Waals surface area (Å²) < 4.78 is 5.00. The topological polar surface area (TPSA) is 67.3 Å². The van der Waals surface area contributed by atoms with Crippen LogP contribution in [0.4, 0.5) is 5.82 Å². The summed E-state index contributed by atoms with van der Waals surface area (Å²) in [5.74, 6) is 1.12. The van der Waals surface area contributed by atoms with Gasteiger partial charge in [0, 0.05) is 44.8 Å². The SMILES string of the molecule is COCCCNC(=O)C1CCN(c2ccc(-c3ccc(C)cc3)nn2)CC1. The summed E-state index contributed by atoms with van der Waals surface area (Å²) in [5, 5.41) is 11.8. The highest BCUT2D eigenvalue weighted by molar-refractivity contribution is 5.78. The van der Waals surface area contributed by atoms with Crippen LogP contribution >= 0.6 is 0 Å². The number of aromatic nitrogens is 2. The Hall–Kier alpha value is -2.47. The molecule has 1 amide bonds. The van der Waals surface area contributed by atoms with Gasteiger partial charge in [-0.2, -0.15) is 0 Å². The second-order valence-corrected chi connectivity index (χ2v) is 7.04. The van der Waals surface area contributed by atoms with Crippen molar-refractivity contribution in [2.75, 3.05) is 38.3 Å². The van der Waals surface area contributed by atoms with E-state index in [4.69, 9.17) is 4.74 Å². The Balaban J connectivity index is 1.50. The number of rotatable bonds is 7. The Kier molecular flexibility index (Phi) is 6.76. The minimum atomic E-state index is 0.0867. The summed E-state index contributed by atoms with van der Waals surface area (Å²) in [6.07, 6.45) is 2.54. The second-order valence-electron chi connectivity index (χ2n) is 7.04. The fraction of sp³-hybridized carbons (Fsp3) is 0.476. The Morgan fingerprint density at radius 2 is 1.89 bits per heavy atom. The first-order valence-corrected chi connectivity index (χ1v) is 9.60. The van der Waals surface area contributed by atoms with Crippen molar-refractivity contribution in [3.63, 3.8) is 0 Å². The van der Waals surface area contributed by atoms with Crippen molar-refractivity contribution in [2.24, 2.45) is 5.92 Å². The first-order valence-electron chi connectivity index (χ1n) is 9.60. The Morgan fingerprint density at radius 3 is 2.52 bits per heavy atom. The molecule has 0 radical (unpaired) electrons. The van der Waals surface area contributed by atoms with Gasteiger partial charge >= 0.3 is 0 Å². The third kappa shape index (κ3) is 5.26. The van der Waals surface area contributed by atoms with Gasteiger partial charge in [0.15, 0.2) is 5.82 Å².